The van der Waals surface area contributed by atoms with Crippen LogP contribution in [0.15, 0.2) is 23.2 Å². The van der Waals surface area contributed by atoms with E-state index in [2.05, 4.69) is 0 Å². The number of methoxy groups -OCH3 is 3. The van der Waals surface area contributed by atoms with Crippen molar-refractivity contribution in [3.63, 3.8) is 0 Å². The summed E-state index contributed by atoms with van der Waals surface area (Å²) in [6, 6.07) is 0. The Bertz CT molecular complexity index is 423. The zero-order chi connectivity index (χ0) is 13.3. The predicted molar refractivity (Wildman–Crippen MR) is 63.7 cm³/mol. The highest BCUT2D eigenvalue weighted by Gasteiger charge is 2.60. The van der Waals surface area contributed by atoms with Gasteiger partial charge in [0.2, 0.25) is 17.1 Å². The number of ketones is 1. The molecule has 2 rings (SSSR count). The summed E-state index contributed by atoms with van der Waals surface area (Å²) in [5.41, 5.74) is -1.14. The summed E-state index contributed by atoms with van der Waals surface area (Å²) in [5.74, 6) is -0.205. The predicted octanol–water partition coefficient (Wildman–Crippen LogP) is 0.930. The maximum atomic E-state index is 12.0. The number of hydrogen-bond acceptors (Lipinski definition) is 5. The van der Waals surface area contributed by atoms with Crippen molar-refractivity contribution in [1.82, 2.24) is 0 Å². The Morgan fingerprint density at radius 2 is 2.06 bits per heavy atom. The largest absolute Gasteiger partial charge is 0.493 e. The summed E-state index contributed by atoms with van der Waals surface area (Å²) < 4.78 is 15.4. The molecule has 1 N–H and O–H groups in total. The highest BCUT2D eigenvalue weighted by Crippen LogP contribution is 2.44. The van der Waals surface area contributed by atoms with Gasteiger partial charge in [0.1, 0.15) is 0 Å². The number of rotatable bonds is 4. The van der Waals surface area contributed by atoms with Crippen molar-refractivity contribution in [2.75, 3.05) is 21.3 Å². The molecule has 0 aromatic carbocycles. The third-order valence-corrected chi connectivity index (χ3v) is 3.56. The quantitative estimate of drug-likeness (QED) is 0.756. The van der Waals surface area contributed by atoms with Crippen LogP contribution in [-0.4, -0.2) is 43.9 Å². The van der Waals surface area contributed by atoms with E-state index in [0.717, 1.165) is 19.3 Å². The van der Waals surface area contributed by atoms with Crippen LogP contribution in [0.3, 0.4) is 0 Å². The molecule has 0 aromatic rings. The minimum atomic E-state index is -1.71. The van der Waals surface area contributed by atoms with Crippen LogP contribution in [0, 0.1) is 0 Å². The standard InChI is InChI=1S/C13H18O5/c1-16-9-7-5-4-6-8(9)13(15)11(14)10(17-2)12(13)18-3/h6,9,15H,4-5,7H2,1-3H3/t9-,13-/m0/s1. The molecular formula is C13H18O5. The van der Waals surface area contributed by atoms with Crippen LogP contribution >= 0.6 is 0 Å². The van der Waals surface area contributed by atoms with Crippen LogP contribution in [0.4, 0.5) is 0 Å². The normalized spacial score (nSPS) is 31.9. The minimum absolute atomic E-state index is 0.0846. The van der Waals surface area contributed by atoms with E-state index < -0.39 is 11.4 Å². The average Bonchev–Trinajstić information content (AvgIpc) is 2.42. The van der Waals surface area contributed by atoms with E-state index in [1.54, 1.807) is 7.11 Å². The fourth-order valence-electron chi connectivity index (χ4n) is 2.63. The van der Waals surface area contributed by atoms with E-state index in [0.29, 0.717) is 5.57 Å². The minimum Gasteiger partial charge on any atom is -0.493 e. The van der Waals surface area contributed by atoms with Crippen molar-refractivity contribution in [1.29, 1.82) is 0 Å². The molecule has 0 amide bonds. The fraction of sp³-hybridized carbons (Fsp3) is 0.615. The molecule has 18 heavy (non-hydrogen) atoms. The van der Waals surface area contributed by atoms with Crippen LogP contribution < -0.4 is 0 Å². The molecule has 0 aliphatic heterocycles. The number of carbonyl (C=O) groups is 1. The van der Waals surface area contributed by atoms with Gasteiger partial charge in [0, 0.05) is 12.7 Å². The van der Waals surface area contributed by atoms with E-state index >= 15 is 0 Å². The summed E-state index contributed by atoms with van der Waals surface area (Å²) in [7, 11) is 4.37. The van der Waals surface area contributed by atoms with Gasteiger partial charge in [-0.25, -0.2) is 0 Å². The monoisotopic (exact) mass is 254 g/mol. The smallest absolute Gasteiger partial charge is 0.244 e. The Labute approximate surface area is 106 Å². The van der Waals surface area contributed by atoms with Gasteiger partial charge in [0.25, 0.3) is 0 Å². The van der Waals surface area contributed by atoms with Crippen LogP contribution in [0.1, 0.15) is 19.3 Å². The number of allylic oxidation sites excluding steroid dienone is 1. The Morgan fingerprint density at radius 1 is 1.33 bits per heavy atom. The zero-order valence-corrected chi connectivity index (χ0v) is 10.9. The fourth-order valence-corrected chi connectivity index (χ4v) is 2.63. The van der Waals surface area contributed by atoms with Crippen molar-refractivity contribution in [3.05, 3.63) is 23.2 Å². The second kappa shape index (κ2) is 4.74. The second-order valence-corrected chi connectivity index (χ2v) is 4.42. The molecule has 5 nitrogen and oxygen atoms in total. The molecule has 2 aliphatic rings. The van der Waals surface area contributed by atoms with Gasteiger partial charge in [-0.05, 0) is 19.3 Å². The van der Waals surface area contributed by atoms with E-state index in [9.17, 15) is 9.90 Å². The molecule has 0 radical (unpaired) electrons. The van der Waals surface area contributed by atoms with Crippen molar-refractivity contribution >= 4 is 5.78 Å². The molecule has 2 atom stereocenters. The molecule has 0 heterocycles. The summed E-state index contributed by atoms with van der Waals surface area (Å²) in [4.78, 5) is 12.0. The molecule has 0 aromatic heterocycles. The van der Waals surface area contributed by atoms with Crippen molar-refractivity contribution in [3.8, 4) is 0 Å². The van der Waals surface area contributed by atoms with Gasteiger partial charge in [-0.15, -0.1) is 0 Å². The lowest BCUT2D eigenvalue weighted by Gasteiger charge is -2.41. The Hall–Kier alpha value is -1.33. The van der Waals surface area contributed by atoms with Gasteiger partial charge >= 0.3 is 0 Å². The van der Waals surface area contributed by atoms with E-state index in [1.807, 2.05) is 6.08 Å². The first-order chi connectivity index (χ1) is 8.61. The molecule has 0 fully saturated rings. The first kappa shape index (κ1) is 13.1. The average molecular weight is 254 g/mol. The highest BCUT2D eigenvalue weighted by atomic mass is 16.5. The van der Waals surface area contributed by atoms with Crippen molar-refractivity contribution in [2.45, 2.75) is 31.0 Å². The number of ether oxygens (including phenoxy) is 3. The topological polar surface area (TPSA) is 65.0 Å². The van der Waals surface area contributed by atoms with Crippen molar-refractivity contribution in [2.24, 2.45) is 0 Å². The lowest BCUT2D eigenvalue weighted by molar-refractivity contribution is -0.142. The number of aliphatic hydroxyl groups is 1. The first-order valence-corrected chi connectivity index (χ1v) is 5.94. The van der Waals surface area contributed by atoms with Gasteiger partial charge < -0.3 is 19.3 Å². The van der Waals surface area contributed by atoms with Crippen LogP contribution in [-0.2, 0) is 19.0 Å². The van der Waals surface area contributed by atoms with E-state index in [4.69, 9.17) is 14.2 Å². The van der Waals surface area contributed by atoms with Crippen LogP contribution in [0.5, 0.6) is 0 Å². The maximum absolute atomic E-state index is 12.0. The van der Waals surface area contributed by atoms with Gasteiger partial charge in [-0.1, -0.05) is 6.08 Å². The summed E-state index contributed by atoms with van der Waals surface area (Å²) in [5, 5.41) is 10.6. The van der Waals surface area contributed by atoms with Crippen molar-refractivity contribution < 1.29 is 24.1 Å². The van der Waals surface area contributed by atoms with Gasteiger partial charge in [0.05, 0.1) is 20.3 Å². The third-order valence-electron chi connectivity index (χ3n) is 3.56. The SMILES string of the molecule is COC1=C(OC)[C@](O)(C2=CCCC[C@@H]2OC)C1=O. The van der Waals surface area contributed by atoms with Gasteiger partial charge in [-0.2, -0.15) is 0 Å². The molecule has 0 saturated carbocycles. The molecule has 0 unspecified atom stereocenters. The van der Waals surface area contributed by atoms with Gasteiger partial charge in [-0.3, -0.25) is 4.79 Å². The lowest BCUT2D eigenvalue weighted by Crippen LogP contribution is -2.56. The van der Waals surface area contributed by atoms with Gasteiger partial charge in [0.15, 0.2) is 5.76 Å². The van der Waals surface area contributed by atoms with E-state index in [1.165, 1.54) is 14.2 Å². The number of Topliss-reactive ketones (excluding diaryl/α,β-unsaturated/α-hetero) is 1. The second-order valence-electron chi connectivity index (χ2n) is 4.42. The Morgan fingerprint density at radius 3 is 2.61 bits per heavy atom. The molecule has 0 bridgehead atoms. The van der Waals surface area contributed by atoms with E-state index in [-0.39, 0.29) is 17.6 Å². The summed E-state index contributed by atoms with van der Waals surface area (Å²) in [6.07, 6.45) is 4.20. The molecule has 2 aliphatic carbocycles. The lowest BCUT2D eigenvalue weighted by atomic mass is 9.72. The molecular weight excluding hydrogens is 236 g/mol. The first-order valence-electron chi connectivity index (χ1n) is 5.94. The molecule has 0 spiro atoms. The van der Waals surface area contributed by atoms with Crippen LogP contribution in [0.2, 0.25) is 0 Å². The van der Waals surface area contributed by atoms with Crippen LogP contribution in [0.25, 0.3) is 0 Å². The maximum Gasteiger partial charge on any atom is 0.244 e. The highest BCUT2D eigenvalue weighted by molar-refractivity contribution is 6.12. The molecule has 0 saturated heterocycles. The zero-order valence-electron chi connectivity index (χ0n) is 10.9. The number of hydrogen-bond donors (Lipinski definition) is 1. The molecule has 100 valence electrons. The molecule has 5 heteroatoms. The Balaban J connectivity index is 2.41. The number of carbonyl (C=O) groups excluding carboxylic acids is 1. The third kappa shape index (κ3) is 1.58. The Kier molecular flexibility index (Phi) is 3.45. The summed E-state index contributed by atoms with van der Waals surface area (Å²) in [6.45, 7) is 0. The summed E-state index contributed by atoms with van der Waals surface area (Å²) >= 11 is 0.